The van der Waals surface area contributed by atoms with Crippen molar-refractivity contribution in [1.29, 1.82) is 0 Å². The fourth-order valence-corrected chi connectivity index (χ4v) is 7.08. The van der Waals surface area contributed by atoms with Gasteiger partial charge in [0.15, 0.2) is 0 Å². The van der Waals surface area contributed by atoms with Crippen LogP contribution in [0.2, 0.25) is 0 Å². The lowest BCUT2D eigenvalue weighted by Gasteiger charge is -2.23. The summed E-state index contributed by atoms with van der Waals surface area (Å²) in [4.78, 5) is 0. The van der Waals surface area contributed by atoms with Crippen molar-refractivity contribution in [2.75, 3.05) is 13.2 Å². The van der Waals surface area contributed by atoms with Gasteiger partial charge in [0.05, 0.1) is 12.2 Å². The third-order valence-corrected chi connectivity index (χ3v) is 11.9. The minimum Gasteiger partial charge on any atom is -0.378 e. The van der Waals surface area contributed by atoms with Crippen molar-refractivity contribution in [3.63, 3.8) is 0 Å². The average molecular weight is 678 g/mol. The molecule has 6 atom stereocenters. The Morgan fingerprint density at radius 2 is 0.667 bits per heavy atom. The maximum atomic E-state index is 5.39. The highest BCUT2D eigenvalue weighted by Gasteiger charge is 2.15. The van der Waals surface area contributed by atoms with Crippen LogP contribution in [0.4, 0.5) is 0 Å². The second kappa shape index (κ2) is 27.1. The molecule has 0 aromatic heterocycles. The van der Waals surface area contributed by atoms with Crippen molar-refractivity contribution in [2.24, 2.45) is 47.3 Å². The first-order chi connectivity index (χ1) is 22.7. The van der Waals surface area contributed by atoms with Crippen LogP contribution < -0.4 is 0 Å². The highest BCUT2D eigenvalue weighted by atomic mass is 16.5. The smallest absolute Gasteiger partial charge is 0.0547 e. The van der Waals surface area contributed by atoms with E-state index in [4.69, 9.17) is 9.47 Å². The van der Waals surface area contributed by atoms with E-state index in [2.05, 4.69) is 95.2 Å². The Morgan fingerprint density at radius 3 is 0.833 bits per heavy atom. The molecule has 0 bridgehead atoms. The molecule has 0 N–H and O–H groups in total. The second-order valence-electron chi connectivity index (χ2n) is 18.2. The van der Waals surface area contributed by atoms with Crippen LogP contribution in [0.1, 0.15) is 202 Å². The van der Waals surface area contributed by atoms with Crippen molar-refractivity contribution < 1.29 is 12.3 Å². The van der Waals surface area contributed by atoms with E-state index in [0.29, 0.717) is 12.2 Å². The molecule has 4 aliphatic carbocycles. The minimum atomic E-state index is 0. The summed E-state index contributed by atoms with van der Waals surface area (Å²) >= 11 is 0. The van der Waals surface area contributed by atoms with Gasteiger partial charge < -0.3 is 9.47 Å². The summed E-state index contributed by atoms with van der Waals surface area (Å²) in [5.74, 6) is 7.56. The fourth-order valence-electron chi connectivity index (χ4n) is 7.08. The first kappa shape index (κ1) is 45.4. The van der Waals surface area contributed by atoms with Gasteiger partial charge in [-0.15, -0.1) is 0 Å². The zero-order valence-electron chi connectivity index (χ0n) is 34.9. The van der Waals surface area contributed by atoms with Gasteiger partial charge in [0.25, 0.3) is 0 Å². The van der Waals surface area contributed by atoms with E-state index in [9.17, 15) is 0 Å². The lowest BCUT2D eigenvalue weighted by molar-refractivity contribution is 0.000174. The number of ether oxygens (including phenoxy) is 2. The Labute approximate surface area is 306 Å². The maximum absolute atomic E-state index is 5.39. The van der Waals surface area contributed by atoms with Crippen LogP contribution >= 0.6 is 0 Å². The predicted molar refractivity (Wildman–Crippen MR) is 219 cm³/mol. The van der Waals surface area contributed by atoms with E-state index in [1.165, 1.54) is 116 Å². The highest BCUT2D eigenvalue weighted by molar-refractivity contribution is 5.02. The van der Waals surface area contributed by atoms with Crippen LogP contribution in [0.3, 0.4) is 0 Å². The lowest BCUT2D eigenvalue weighted by atomic mass is 9.84. The molecule has 48 heavy (non-hydrogen) atoms. The third kappa shape index (κ3) is 25.4. The number of rotatable bonds is 0. The molecule has 6 rings (SSSR count). The first-order valence-corrected chi connectivity index (χ1v) is 21.3. The van der Waals surface area contributed by atoms with Gasteiger partial charge >= 0.3 is 0 Å². The van der Waals surface area contributed by atoms with Gasteiger partial charge in [0.2, 0.25) is 0 Å². The third-order valence-electron chi connectivity index (χ3n) is 11.9. The van der Waals surface area contributed by atoms with Gasteiger partial charge in [-0.05, 0) is 139 Å². The van der Waals surface area contributed by atoms with Crippen LogP contribution in [0.5, 0.6) is 0 Å². The van der Waals surface area contributed by atoms with Gasteiger partial charge in [0.1, 0.15) is 0 Å². The van der Waals surface area contributed by atoms with Crippen LogP contribution in [0, 0.1) is 47.3 Å². The van der Waals surface area contributed by atoms with E-state index in [1.807, 2.05) is 0 Å². The first-order valence-electron chi connectivity index (χ1n) is 21.3. The Morgan fingerprint density at radius 1 is 0.396 bits per heavy atom. The summed E-state index contributed by atoms with van der Waals surface area (Å²) in [7, 11) is 0. The highest BCUT2D eigenvalue weighted by Crippen LogP contribution is 2.28. The normalized spacial score (nSPS) is 36.4. The van der Waals surface area contributed by atoms with Crippen molar-refractivity contribution in [3.05, 3.63) is 23.3 Å². The predicted octanol–water partition coefficient (Wildman–Crippen LogP) is 15.3. The fraction of sp³-hybridized carbons (Fsp3) is 0.913. The Hall–Kier alpha value is -0.600. The molecule has 2 saturated heterocycles. The lowest BCUT2D eigenvalue weighted by Crippen LogP contribution is -2.21. The van der Waals surface area contributed by atoms with Crippen molar-refractivity contribution in [2.45, 2.75) is 211 Å². The monoisotopic (exact) mass is 678 g/mol. The van der Waals surface area contributed by atoms with Crippen LogP contribution in [0.15, 0.2) is 23.3 Å². The Bertz CT molecular complexity index is 660. The maximum Gasteiger partial charge on any atom is 0.0547 e. The Balaban J connectivity index is 0. The van der Waals surface area contributed by atoms with Gasteiger partial charge in [-0.1, -0.05) is 130 Å². The topological polar surface area (TPSA) is 18.5 Å². The molecule has 0 amide bonds. The number of hydrogen-bond acceptors (Lipinski definition) is 2. The van der Waals surface area contributed by atoms with Gasteiger partial charge in [-0.25, -0.2) is 0 Å². The molecule has 2 aliphatic heterocycles. The summed E-state index contributed by atoms with van der Waals surface area (Å²) in [6.07, 6.45) is 30.9. The zero-order valence-corrected chi connectivity index (χ0v) is 34.9. The number of hydrogen-bond donors (Lipinski definition) is 0. The van der Waals surface area contributed by atoms with Crippen molar-refractivity contribution in [1.82, 2.24) is 0 Å². The largest absolute Gasteiger partial charge is 0.378 e. The summed E-state index contributed by atoms with van der Waals surface area (Å²) in [5, 5.41) is 0. The molecule has 2 saturated carbocycles. The van der Waals surface area contributed by atoms with Gasteiger partial charge in [0, 0.05) is 16.1 Å². The molecule has 0 aromatic rings. The molecular formula is C46H92O2. The average Bonchev–Trinajstić information content (AvgIpc) is 3.07. The molecule has 0 aromatic carbocycles. The number of allylic oxidation sites excluding steroid dienone is 4. The summed E-state index contributed by atoms with van der Waals surface area (Å²) in [6.45, 7) is 29.3. The molecular weight excluding hydrogens is 585 g/mol. The molecule has 2 heteroatoms. The van der Waals surface area contributed by atoms with Crippen LogP contribution in [-0.4, -0.2) is 25.4 Å². The minimum absolute atomic E-state index is 0. The molecule has 4 fully saturated rings. The SMILES string of the molecule is CC1=CCC(C)CC1.CC1=CCC(C)CC1.CC1CCC(C)CC1.CC1CCC(C)CC1.CC1CCC(C)OC1.CC1CCC(C)OC1.[2HH].[HH]. The van der Waals surface area contributed by atoms with Crippen LogP contribution in [0.25, 0.3) is 0 Å². The summed E-state index contributed by atoms with van der Waals surface area (Å²) in [6, 6.07) is 0. The van der Waals surface area contributed by atoms with E-state index in [-0.39, 0.29) is 2.85 Å². The summed E-state index contributed by atoms with van der Waals surface area (Å²) < 4.78 is 10.8. The van der Waals surface area contributed by atoms with Gasteiger partial charge in [-0.2, -0.15) is 0 Å². The molecule has 288 valence electrons. The molecule has 2 nitrogen and oxygen atoms in total. The van der Waals surface area contributed by atoms with Crippen molar-refractivity contribution in [3.8, 4) is 0 Å². The quantitative estimate of drug-likeness (QED) is 0.238. The van der Waals surface area contributed by atoms with E-state index >= 15 is 0 Å². The second-order valence-corrected chi connectivity index (χ2v) is 18.2. The molecule has 2 heterocycles. The summed E-state index contributed by atoms with van der Waals surface area (Å²) in [5.41, 5.74) is 3.17. The standard InChI is InChI=1S/2C8H16.2C8H14.2C7H14O.2H2/c4*1-7-3-5-8(2)6-4-7;2*1-6-3-4-7(2)8-5-6;;/h2*7-8H,3-6H2,1-2H3;2*3,8H,4-6H2,1-2H3;2*6-7H,3-5H2,1-2H3;2*1H/i;;;;;;1+1;. The molecule has 0 radical (unpaired) electrons. The van der Waals surface area contributed by atoms with E-state index in [1.54, 1.807) is 11.1 Å². The zero-order chi connectivity index (χ0) is 35.9. The molecule has 0 spiro atoms. The van der Waals surface area contributed by atoms with E-state index in [0.717, 1.165) is 60.6 Å². The molecule has 6 aliphatic rings. The van der Waals surface area contributed by atoms with Crippen molar-refractivity contribution >= 4 is 0 Å². The van der Waals surface area contributed by atoms with Crippen LogP contribution in [-0.2, 0) is 9.47 Å². The molecule has 6 unspecified atom stereocenters. The Kier molecular flexibility index (Phi) is 25.6. The van der Waals surface area contributed by atoms with E-state index < -0.39 is 0 Å². The van der Waals surface area contributed by atoms with Gasteiger partial charge in [-0.3, -0.25) is 0 Å².